The molecule has 27 heavy (non-hydrogen) atoms. The fourth-order valence-electron chi connectivity index (χ4n) is 3.59. The smallest absolute Gasteiger partial charge is 0.155 e. The van der Waals surface area contributed by atoms with Crippen molar-refractivity contribution in [1.29, 1.82) is 0 Å². The summed E-state index contributed by atoms with van der Waals surface area (Å²) >= 11 is 0. The van der Waals surface area contributed by atoms with E-state index >= 15 is 0 Å². The Hall–Kier alpha value is -2.73. The molecular weight excluding hydrogens is 338 g/mol. The molecule has 0 radical (unpaired) electrons. The van der Waals surface area contributed by atoms with E-state index in [4.69, 9.17) is 4.74 Å². The highest BCUT2D eigenvalue weighted by molar-refractivity contribution is 5.28. The van der Waals surface area contributed by atoms with E-state index in [1.165, 1.54) is 12.0 Å². The molecule has 0 amide bonds. The molecule has 2 aromatic heterocycles. The maximum absolute atomic E-state index is 5.91. The van der Waals surface area contributed by atoms with E-state index in [1.807, 2.05) is 31.2 Å². The molecule has 1 N–H and O–H groups in total. The number of aryl methyl sites for hydroxylation is 1. The molecule has 0 spiro atoms. The first-order chi connectivity index (χ1) is 13.3. The van der Waals surface area contributed by atoms with Crippen LogP contribution in [0.4, 0.5) is 0 Å². The van der Waals surface area contributed by atoms with Gasteiger partial charge in [0.15, 0.2) is 5.82 Å². The summed E-state index contributed by atoms with van der Waals surface area (Å²) < 4.78 is 5.91. The number of aromatic nitrogens is 4. The lowest BCUT2D eigenvalue weighted by Gasteiger charge is -2.31. The third-order valence-electron chi connectivity index (χ3n) is 4.90. The van der Waals surface area contributed by atoms with Crippen molar-refractivity contribution in [3.8, 4) is 5.75 Å². The van der Waals surface area contributed by atoms with Gasteiger partial charge in [0.25, 0.3) is 0 Å². The highest BCUT2D eigenvalue weighted by Gasteiger charge is 2.24. The van der Waals surface area contributed by atoms with E-state index in [2.05, 4.69) is 43.3 Å². The van der Waals surface area contributed by atoms with E-state index in [1.54, 1.807) is 6.20 Å². The Morgan fingerprint density at radius 3 is 3.00 bits per heavy atom. The van der Waals surface area contributed by atoms with Gasteiger partial charge in [-0.05, 0) is 56.1 Å². The quantitative estimate of drug-likeness (QED) is 0.726. The van der Waals surface area contributed by atoms with Crippen LogP contribution in [0.15, 0.2) is 48.7 Å². The summed E-state index contributed by atoms with van der Waals surface area (Å²) in [7, 11) is 0. The number of ether oxygens (including phenoxy) is 1. The maximum Gasteiger partial charge on any atom is 0.155 e. The molecule has 1 aromatic carbocycles. The summed E-state index contributed by atoms with van der Waals surface area (Å²) in [5.41, 5.74) is 2.20. The molecule has 0 bridgehead atoms. The van der Waals surface area contributed by atoms with Crippen LogP contribution >= 0.6 is 0 Å². The first-order valence-corrected chi connectivity index (χ1v) is 9.49. The van der Waals surface area contributed by atoms with Gasteiger partial charge in [0, 0.05) is 25.2 Å². The lowest BCUT2D eigenvalue weighted by Crippen LogP contribution is -2.34. The Kier molecular flexibility index (Phi) is 5.44. The second-order valence-corrected chi connectivity index (χ2v) is 7.11. The first kappa shape index (κ1) is 17.7. The lowest BCUT2D eigenvalue weighted by atomic mass is 9.97. The van der Waals surface area contributed by atoms with Gasteiger partial charge in [0.2, 0.25) is 0 Å². The predicted octanol–water partition coefficient (Wildman–Crippen LogP) is 3.47. The van der Waals surface area contributed by atoms with Crippen molar-refractivity contribution >= 4 is 0 Å². The zero-order chi connectivity index (χ0) is 18.5. The number of likely N-dealkylation sites (tertiary alicyclic amines) is 1. The lowest BCUT2D eigenvalue weighted by molar-refractivity contribution is 0.196. The summed E-state index contributed by atoms with van der Waals surface area (Å²) in [4.78, 5) is 11.3. The minimum Gasteiger partial charge on any atom is -0.487 e. The number of pyridine rings is 1. The number of nitrogens with one attached hydrogen (secondary N) is 1. The Bertz CT molecular complexity index is 864. The van der Waals surface area contributed by atoms with Crippen LogP contribution in [0.3, 0.4) is 0 Å². The van der Waals surface area contributed by atoms with E-state index in [-0.39, 0.29) is 0 Å². The molecule has 4 rings (SSSR count). The number of piperidine rings is 1. The van der Waals surface area contributed by atoms with Gasteiger partial charge in [-0.25, -0.2) is 4.98 Å². The molecule has 3 heterocycles. The van der Waals surface area contributed by atoms with Crippen molar-refractivity contribution in [2.75, 3.05) is 13.1 Å². The molecule has 0 aliphatic carbocycles. The average molecular weight is 363 g/mol. The third-order valence-corrected chi connectivity index (χ3v) is 4.90. The summed E-state index contributed by atoms with van der Waals surface area (Å²) in [5.74, 6) is 3.13. The largest absolute Gasteiger partial charge is 0.487 e. The zero-order valence-corrected chi connectivity index (χ0v) is 15.6. The molecular formula is C21H25N5O. The summed E-state index contributed by atoms with van der Waals surface area (Å²) in [6, 6.07) is 14.2. The molecule has 6 nitrogen and oxygen atoms in total. The summed E-state index contributed by atoms with van der Waals surface area (Å²) in [5, 5.41) is 7.32. The number of benzene rings is 1. The van der Waals surface area contributed by atoms with Crippen LogP contribution in [-0.4, -0.2) is 38.2 Å². The fourth-order valence-corrected chi connectivity index (χ4v) is 3.59. The van der Waals surface area contributed by atoms with Crippen LogP contribution in [0.25, 0.3) is 0 Å². The van der Waals surface area contributed by atoms with Crippen LogP contribution in [0.2, 0.25) is 0 Å². The number of hydrogen-bond acceptors (Lipinski definition) is 5. The van der Waals surface area contributed by atoms with Gasteiger partial charge < -0.3 is 4.74 Å². The molecule has 1 atom stereocenters. The Morgan fingerprint density at radius 2 is 2.19 bits per heavy atom. The minimum absolute atomic E-state index is 0.410. The number of aromatic amines is 1. The summed E-state index contributed by atoms with van der Waals surface area (Å²) in [6.07, 6.45) is 4.12. The SMILES string of the molecule is Cc1nc([C@H]2CCCN(Cc3cccc(OCc4ccccn4)c3)C2)n[nH]1. The highest BCUT2D eigenvalue weighted by atomic mass is 16.5. The molecule has 0 unspecified atom stereocenters. The second kappa shape index (κ2) is 8.31. The molecule has 3 aromatic rings. The third kappa shape index (κ3) is 4.71. The standard InChI is InChI=1S/C21H25N5O/c1-16-23-21(25-24-16)18-7-5-11-26(14-18)13-17-6-4-9-20(12-17)27-15-19-8-2-3-10-22-19/h2-4,6,8-10,12,18H,5,7,11,13-15H2,1H3,(H,23,24,25)/t18-/m0/s1. The molecule has 1 saturated heterocycles. The van der Waals surface area contributed by atoms with Crippen molar-refractivity contribution < 1.29 is 4.74 Å². The average Bonchev–Trinajstić information content (AvgIpc) is 3.14. The normalized spacial score (nSPS) is 17.7. The van der Waals surface area contributed by atoms with Gasteiger partial charge in [-0.15, -0.1) is 0 Å². The van der Waals surface area contributed by atoms with Crippen molar-refractivity contribution in [3.05, 3.63) is 71.6 Å². The van der Waals surface area contributed by atoms with Gasteiger partial charge in [-0.2, -0.15) is 5.10 Å². The number of H-pyrrole nitrogens is 1. The topological polar surface area (TPSA) is 66.9 Å². The van der Waals surface area contributed by atoms with Gasteiger partial charge in [-0.1, -0.05) is 18.2 Å². The minimum atomic E-state index is 0.410. The van der Waals surface area contributed by atoms with E-state index in [0.29, 0.717) is 12.5 Å². The van der Waals surface area contributed by atoms with Crippen LogP contribution in [0.5, 0.6) is 5.75 Å². The molecule has 1 fully saturated rings. The molecule has 6 heteroatoms. The van der Waals surface area contributed by atoms with Crippen molar-refractivity contribution in [2.45, 2.75) is 38.8 Å². The molecule has 0 saturated carbocycles. The maximum atomic E-state index is 5.91. The van der Waals surface area contributed by atoms with Crippen molar-refractivity contribution in [2.24, 2.45) is 0 Å². The van der Waals surface area contributed by atoms with Crippen molar-refractivity contribution in [3.63, 3.8) is 0 Å². The summed E-state index contributed by atoms with van der Waals surface area (Å²) in [6.45, 7) is 5.46. The second-order valence-electron chi connectivity index (χ2n) is 7.11. The monoisotopic (exact) mass is 363 g/mol. The van der Waals surface area contributed by atoms with E-state index < -0.39 is 0 Å². The van der Waals surface area contributed by atoms with Crippen LogP contribution in [-0.2, 0) is 13.2 Å². The van der Waals surface area contributed by atoms with Gasteiger partial charge in [0.1, 0.15) is 18.2 Å². The number of nitrogens with zero attached hydrogens (tertiary/aromatic N) is 4. The Labute approximate surface area is 159 Å². The fraction of sp³-hybridized carbons (Fsp3) is 0.381. The number of rotatable bonds is 6. The molecule has 1 aliphatic rings. The first-order valence-electron chi connectivity index (χ1n) is 9.49. The van der Waals surface area contributed by atoms with E-state index in [9.17, 15) is 0 Å². The van der Waals surface area contributed by atoms with Gasteiger partial charge >= 0.3 is 0 Å². The Morgan fingerprint density at radius 1 is 1.22 bits per heavy atom. The van der Waals surface area contributed by atoms with E-state index in [0.717, 1.165) is 49.1 Å². The zero-order valence-electron chi connectivity index (χ0n) is 15.6. The van der Waals surface area contributed by atoms with Crippen LogP contribution < -0.4 is 4.74 Å². The molecule has 1 aliphatic heterocycles. The van der Waals surface area contributed by atoms with Gasteiger partial charge in [-0.3, -0.25) is 15.0 Å². The predicted molar refractivity (Wildman–Crippen MR) is 103 cm³/mol. The molecule has 140 valence electrons. The van der Waals surface area contributed by atoms with Crippen LogP contribution in [0, 0.1) is 6.92 Å². The van der Waals surface area contributed by atoms with Crippen molar-refractivity contribution in [1.82, 2.24) is 25.1 Å². The van der Waals surface area contributed by atoms with Gasteiger partial charge in [0.05, 0.1) is 5.69 Å². The number of hydrogen-bond donors (Lipinski definition) is 1. The van der Waals surface area contributed by atoms with Crippen LogP contribution in [0.1, 0.15) is 41.7 Å². The highest BCUT2D eigenvalue weighted by Crippen LogP contribution is 2.26. The Balaban J connectivity index is 1.36.